The van der Waals surface area contributed by atoms with Crippen LogP contribution in [0.3, 0.4) is 0 Å². The molecule has 0 N–H and O–H groups in total. The van der Waals surface area contributed by atoms with Crippen molar-refractivity contribution in [2.45, 2.75) is 51.9 Å². The van der Waals surface area contributed by atoms with Crippen LogP contribution >= 0.6 is 0 Å². The Morgan fingerprint density at radius 2 is 1.34 bits per heavy atom. The fourth-order valence-electron chi connectivity index (χ4n) is 4.42. The summed E-state index contributed by atoms with van der Waals surface area (Å²) in [4.78, 5) is 10.2. The van der Waals surface area contributed by atoms with Crippen molar-refractivity contribution < 1.29 is 0 Å². The highest BCUT2D eigenvalue weighted by Crippen LogP contribution is 2.41. The maximum Gasteiger partial charge on any atom is 0.0972 e. The average molecular weight is 421 g/mol. The maximum atomic E-state index is 5.14. The van der Waals surface area contributed by atoms with Gasteiger partial charge in [0.2, 0.25) is 0 Å². The zero-order valence-electron chi connectivity index (χ0n) is 19.4. The monoisotopic (exact) mass is 420 g/mol. The van der Waals surface area contributed by atoms with Crippen molar-refractivity contribution in [1.82, 2.24) is 9.97 Å². The molecule has 162 valence electrons. The third kappa shape index (κ3) is 4.50. The van der Waals surface area contributed by atoms with Crippen molar-refractivity contribution in [3.63, 3.8) is 0 Å². The normalized spacial score (nSPS) is 13.0. The molecule has 2 nitrogen and oxygen atoms in total. The smallest absolute Gasteiger partial charge is 0.0972 e. The quantitative estimate of drug-likeness (QED) is 0.286. The second kappa shape index (κ2) is 9.91. The molecule has 3 aromatic carbocycles. The highest BCUT2D eigenvalue weighted by atomic mass is 14.8. The maximum absolute atomic E-state index is 5.14. The zero-order valence-corrected chi connectivity index (χ0v) is 19.4. The van der Waals surface area contributed by atoms with Crippen molar-refractivity contribution in [3.8, 4) is 33.8 Å². The Bertz CT molecular complexity index is 1150. The summed E-state index contributed by atoms with van der Waals surface area (Å²) >= 11 is 0. The SMILES string of the molecule is CCCCC(C)(CC)c1ccccc1-c1ncc(-c2ccccc2)nc1-c1ccccc1. The van der Waals surface area contributed by atoms with Gasteiger partial charge in [0, 0.05) is 16.7 Å². The predicted molar refractivity (Wildman–Crippen MR) is 136 cm³/mol. The van der Waals surface area contributed by atoms with Gasteiger partial charge in [0.15, 0.2) is 0 Å². The van der Waals surface area contributed by atoms with Gasteiger partial charge in [-0.25, -0.2) is 4.98 Å². The Balaban J connectivity index is 1.91. The van der Waals surface area contributed by atoms with Crippen LogP contribution in [0.2, 0.25) is 0 Å². The van der Waals surface area contributed by atoms with Crippen LogP contribution in [0.1, 0.15) is 52.0 Å². The first kappa shape index (κ1) is 22.0. The Hall–Kier alpha value is -3.26. The summed E-state index contributed by atoms with van der Waals surface area (Å²) in [6.07, 6.45) is 6.62. The lowest BCUT2D eigenvalue weighted by molar-refractivity contribution is 0.404. The molecule has 0 aliphatic carbocycles. The minimum Gasteiger partial charge on any atom is -0.252 e. The van der Waals surface area contributed by atoms with Gasteiger partial charge in [-0.2, -0.15) is 0 Å². The number of unbranched alkanes of at least 4 members (excludes halogenated alkanes) is 1. The van der Waals surface area contributed by atoms with E-state index in [1.807, 2.05) is 30.5 Å². The van der Waals surface area contributed by atoms with Gasteiger partial charge in [-0.05, 0) is 23.8 Å². The summed E-state index contributed by atoms with van der Waals surface area (Å²) in [5, 5.41) is 0. The topological polar surface area (TPSA) is 25.8 Å². The van der Waals surface area contributed by atoms with E-state index in [1.165, 1.54) is 30.4 Å². The fraction of sp³-hybridized carbons (Fsp3) is 0.267. The highest BCUT2D eigenvalue weighted by molar-refractivity contribution is 5.81. The van der Waals surface area contributed by atoms with Gasteiger partial charge >= 0.3 is 0 Å². The van der Waals surface area contributed by atoms with Gasteiger partial charge in [-0.15, -0.1) is 0 Å². The lowest BCUT2D eigenvalue weighted by Gasteiger charge is -2.31. The van der Waals surface area contributed by atoms with Crippen LogP contribution < -0.4 is 0 Å². The predicted octanol–water partition coefficient (Wildman–Crippen LogP) is 8.34. The molecule has 1 aromatic heterocycles. The van der Waals surface area contributed by atoms with Crippen molar-refractivity contribution in [1.29, 1.82) is 0 Å². The van der Waals surface area contributed by atoms with Crippen molar-refractivity contribution in [2.24, 2.45) is 0 Å². The van der Waals surface area contributed by atoms with Crippen LogP contribution in [0.5, 0.6) is 0 Å². The van der Waals surface area contributed by atoms with E-state index >= 15 is 0 Å². The lowest BCUT2D eigenvalue weighted by atomic mass is 9.73. The molecule has 0 amide bonds. The third-order valence-electron chi connectivity index (χ3n) is 6.58. The van der Waals surface area contributed by atoms with Crippen LogP contribution in [0.4, 0.5) is 0 Å². The van der Waals surface area contributed by atoms with Crippen molar-refractivity contribution in [2.75, 3.05) is 0 Å². The summed E-state index contributed by atoms with van der Waals surface area (Å²) in [6.45, 7) is 6.97. The van der Waals surface area contributed by atoms with Crippen LogP contribution in [-0.2, 0) is 5.41 Å². The van der Waals surface area contributed by atoms with Crippen LogP contribution in [-0.4, -0.2) is 9.97 Å². The van der Waals surface area contributed by atoms with E-state index in [-0.39, 0.29) is 5.41 Å². The summed E-state index contributed by atoms with van der Waals surface area (Å²) in [7, 11) is 0. The van der Waals surface area contributed by atoms with Crippen molar-refractivity contribution in [3.05, 3.63) is 96.7 Å². The van der Waals surface area contributed by atoms with Gasteiger partial charge in [-0.3, -0.25) is 4.98 Å². The molecule has 0 fully saturated rings. The van der Waals surface area contributed by atoms with E-state index < -0.39 is 0 Å². The molecule has 4 aromatic rings. The van der Waals surface area contributed by atoms with Crippen LogP contribution in [0.15, 0.2) is 91.1 Å². The molecule has 0 aliphatic rings. The second-order valence-electron chi connectivity index (χ2n) is 8.75. The largest absolute Gasteiger partial charge is 0.252 e. The van der Waals surface area contributed by atoms with Crippen LogP contribution in [0.25, 0.3) is 33.8 Å². The molecule has 0 bridgehead atoms. The molecule has 1 heterocycles. The minimum atomic E-state index is 0.111. The molecule has 0 aliphatic heterocycles. The molecule has 0 radical (unpaired) electrons. The first-order chi connectivity index (χ1) is 15.7. The van der Waals surface area contributed by atoms with E-state index in [9.17, 15) is 0 Å². The number of hydrogen-bond donors (Lipinski definition) is 0. The van der Waals surface area contributed by atoms with Gasteiger partial charge in [0.05, 0.1) is 23.3 Å². The molecule has 0 saturated carbocycles. The summed E-state index contributed by atoms with van der Waals surface area (Å²) < 4.78 is 0. The van der Waals surface area contributed by atoms with Gasteiger partial charge in [-0.1, -0.05) is 119 Å². The van der Waals surface area contributed by atoms with E-state index in [0.29, 0.717) is 0 Å². The molecule has 4 rings (SSSR count). The van der Waals surface area contributed by atoms with Gasteiger partial charge < -0.3 is 0 Å². The first-order valence-corrected chi connectivity index (χ1v) is 11.7. The van der Waals surface area contributed by atoms with E-state index in [2.05, 4.69) is 81.4 Å². The summed E-state index contributed by atoms with van der Waals surface area (Å²) in [6, 6.07) is 29.5. The molecular formula is C30H32N2. The molecule has 1 unspecified atom stereocenters. The standard InChI is InChI=1S/C30H32N2/c1-4-6-21-30(3,5-2)26-20-14-13-19-25(26)29-28(24-17-11-8-12-18-24)32-27(22-31-29)23-15-9-7-10-16-23/h7-20,22H,4-6,21H2,1-3H3. The van der Waals surface area contributed by atoms with Gasteiger partial charge in [0.25, 0.3) is 0 Å². The fourth-order valence-corrected chi connectivity index (χ4v) is 4.42. The molecule has 1 atom stereocenters. The second-order valence-corrected chi connectivity index (χ2v) is 8.75. The van der Waals surface area contributed by atoms with Crippen molar-refractivity contribution >= 4 is 0 Å². The van der Waals surface area contributed by atoms with Crippen LogP contribution in [0, 0.1) is 0 Å². The Morgan fingerprint density at radius 1 is 0.719 bits per heavy atom. The Labute approximate surface area is 192 Å². The molecular weight excluding hydrogens is 388 g/mol. The molecule has 32 heavy (non-hydrogen) atoms. The Morgan fingerprint density at radius 3 is 2.00 bits per heavy atom. The number of aromatic nitrogens is 2. The first-order valence-electron chi connectivity index (χ1n) is 11.7. The number of nitrogens with zero attached hydrogens (tertiary/aromatic N) is 2. The van der Waals surface area contributed by atoms with E-state index in [1.54, 1.807) is 0 Å². The minimum absolute atomic E-state index is 0.111. The number of hydrogen-bond acceptors (Lipinski definition) is 2. The van der Waals surface area contributed by atoms with Gasteiger partial charge in [0.1, 0.15) is 0 Å². The number of benzene rings is 3. The Kier molecular flexibility index (Phi) is 6.80. The molecule has 0 spiro atoms. The molecule has 2 heteroatoms. The zero-order chi connectivity index (χ0) is 22.4. The molecule has 0 saturated heterocycles. The third-order valence-corrected chi connectivity index (χ3v) is 6.58. The summed E-state index contributed by atoms with van der Waals surface area (Å²) in [5.41, 5.74) is 7.65. The number of rotatable bonds is 8. The highest BCUT2D eigenvalue weighted by Gasteiger charge is 2.28. The average Bonchev–Trinajstić information content (AvgIpc) is 2.88. The van der Waals surface area contributed by atoms with E-state index in [0.717, 1.165) is 34.6 Å². The lowest BCUT2D eigenvalue weighted by Crippen LogP contribution is -2.22. The summed E-state index contributed by atoms with van der Waals surface area (Å²) in [5.74, 6) is 0. The van der Waals surface area contributed by atoms with E-state index in [4.69, 9.17) is 9.97 Å².